The van der Waals surface area contributed by atoms with Crippen molar-refractivity contribution in [2.24, 2.45) is 12.0 Å². The van der Waals surface area contributed by atoms with E-state index in [1.165, 1.54) is 5.69 Å². The van der Waals surface area contributed by atoms with E-state index in [1.807, 2.05) is 34.9 Å². The second kappa shape index (κ2) is 9.47. The number of hydrogen-bond acceptors (Lipinski definition) is 4. The Labute approximate surface area is 177 Å². The van der Waals surface area contributed by atoms with Crippen LogP contribution in [0.4, 0.5) is 5.69 Å². The van der Waals surface area contributed by atoms with Gasteiger partial charge < -0.3 is 15.5 Å². The molecule has 158 valence electrons. The van der Waals surface area contributed by atoms with Crippen LogP contribution in [0.25, 0.3) is 5.69 Å². The van der Waals surface area contributed by atoms with Crippen molar-refractivity contribution in [3.63, 3.8) is 0 Å². The van der Waals surface area contributed by atoms with E-state index < -0.39 is 0 Å². The number of nitrogens with zero attached hydrogens (tertiary/aromatic N) is 6. The Kier molecular flexibility index (Phi) is 6.32. The van der Waals surface area contributed by atoms with Crippen LogP contribution in [0.3, 0.4) is 0 Å². The van der Waals surface area contributed by atoms with E-state index in [4.69, 9.17) is 4.99 Å². The zero-order chi connectivity index (χ0) is 20.8. The molecule has 1 aliphatic heterocycles. The van der Waals surface area contributed by atoms with Crippen LogP contribution < -0.4 is 15.5 Å². The summed E-state index contributed by atoms with van der Waals surface area (Å²) in [5.74, 6) is 0.861. The van der Waals surface area contributed by atoms with E-state index in [1.54, 1.807) is 6.20 Å². The molecule has 1 atom stereocenters. The standard InChI is InChI=1S/C22H30N8/c1-3-23-22(24-14-18-7-4-9-20(13-18)30-12-6-10-25-30)27-19-8-5-11-29(16-19)21-15-26-28(2)17-21/h4,6-7,9-10,12-13,15,17,19H,3,5,8,11,14,16H2,1-2H3,(H2,23,24,27). The topological polar surface area (TPSA) is 75.3 Å². The van der Waals surface area contributed by atoms with Gasteiger partial charge in [0.05, 0.1) is 24.1 Å². The van der Waals surface area contributed by atoms with E-state index >= 15 is 0 Å². The lowest BCUT2D eigenvalue weighted by molar-refractivity contribution is 0.468. The van der Waals surface area contributed by atoms with E-state index in [0.29, 0.717) is 12.6 Å². The van der Waals surface area contributed by atoms with E-state index in [2.05, 4.69) is 63.1 Å². The van der Waals surface area contributed by atoms with Crippen LogP contribution in [-0.2, 0) is 13.6 Å². The van der Waals surface area contributed by atoms with Crippen molar-refractivity contribution in [3.8, 4) is 5.69 Å². The molecule has 4 rings (SSSR count). The van der Waals surface area contributed by atoms with Gasteiger partial charge in [-0.3, -0.25) is 4.68 Å². The van der Waals surface area contributed by atoms with Gasteiger partial charge in [-0.1, -0.05) is 12.1 Å². The van der Waals surface area contributed by atoms with Gasteiger partial charge in [-0.05, 0) is 43.5 Å². The first kappa shape index (κ1) is 20.0. The lowest BCUT2D eigenvalue weighted by atomic mass is 10.1. The van der Waals surface area contributed by atoms with Gasteiger partial charge in [0, 0.05) is 51.3 Å². The van der Waals surface area contributed by atoms with Crippen LogP contribution in [0.2, 0.25) is 0 Å². The molecule has 3 aromatic rings. The third kappa shape index (κ3) is 5.00. The predicted molar refractivity (Wildman–Crippen MR) is 120 cm³/mol. The molecule has 1 aromatic carbocycles. The van der Waals surface area contributed by atoms with Gasteiger partial charge in [-0.15, -0.1) is 0 Å². The third-order valence-electron chi connectivity index (χ3n) is 5.26. The van der Waals surface area contributed by atoms with Crippen LogP contribution in [-0.4, -0.2) is 51.2 Å². The summed E-state index contributed by atoms with van der Waals surface area (Å²) < 4.78 is 3.72. The molecule has 3 heterocycles. The Morgan fingerprint density at radius 1 is 1.23 bits per heavy atom. The normalized spacial score (nSPS) is 17.2. The Morgan fingerprint density at radius 2 is 2.17 bits per heavy atom. The van der Waals surface area contributed by atoms with Gasteiger partial charge in [0.1, 0.15) is 0 Å². The van der Waals surface area contributed by atoms with Gasteiger partial charge in [0.25, 0.3) is 0 Å². The zero-order valence-corrected chi connectivity index (χ0v) is 17.7. The number of nitrogens with one attached hydrogen (secondary N) is 2. The molecule has 8 nitrogen and oxygen atoms in total. The summed E-state index contributed by atoms with van der Waals surface area (Å²) in [5, 5.41) is 15.6. The fourth-order valence-electron chi connectivity index (χ4n) is 3.80. The quantitative estimate of drug-likeness (QED) is 0.485. The molecule has 0 amide bonds. The van der Waals surface area contributed by atoms with Gasteiger partial charge in [-0.2, -0.15) is 10.2 Å². The molecule has 2 N–H and O–H groups in total. The average Bonchev–Trinajstić information content (AvgIpc) is 3.45. The van der Waals surface area contributed by atoms with Crippen LogP contribution in [0, 0.1) is 0 Å². The summed E-state index contributed by atoms with van der Waals surface area (Å²) in [6.07, 6.45) is 10.0. The number of anilines is 1. The van der Waals surface area contributed by atoms with E-state index in [9.17, 15) is 0 Å². The lowest BCUT2D eigenvalue weighted by Crippen LogP contribution is -2.51. The SMILES string of the molecule is CCNC(=NCc1cccc(-n2cccn2)c1)NC1CCCN(c2cnn(C)c2)C1. The van der Waals surface area contributed by atoms with Crippen molar-refractivity contribution in [2.75, 3.05) is 24.5 Å². The van der Waals surface area contributed by atoms with E-state index in [0.717, 1.165) is 49.7 Å². The maximum absolute atomic E-state index is 4.83. The molecule has 30 heavy (non-hydrogen) atoms. The monoisotopic (exact) mass is 406 g/mol. The molecule has 1 unspecified atom stereocenters. The fraction of sp³-hybridized carbons (Fsp3) is 0.409. The maximum Gasteiger partial charge on any atom is 0.191 e. The molecular weight excluding hydrogens is 376 g/mol. The fourth-order valence-corrected chi connectivity index (χ4v) is 3.80. The molecule has 0 radical (unpaired) electrons. The molecule has 1 fully saturated rings. The van der Waals surface area contributed by atoms with Gasteiger partial charge >= 0.3 is 0 Å². The Hall–Kier alpha value is -3.29. The van der Waals surface area contributed by atoms with Crippen LogP contribution >= 0.6 is 0 Å². The molecule has 0 aliphatic carbocycles. The first-order valence-corrected chi connectivity index (χ1v) is 10.6. The van der Waals surface area contributed by atoms with Crippen molar-refractivity contribution < 1.29 is 0 Å². The summed E-state index contributed by atoms with van der Waals surface area (Å²) in [4.78, 5) is 7.23. The van der Waals surface area contributed by atoms with Crippen molar-refractivity contribution in [1.29, 1.82) is 0 Å². The van der Waals surface area contributed by atoms with E-state index in [-0.39, 0.29) is 0 Å². The van der Waals surface area contributed by atoms with Crippen LogP contribution in [0.5, 0.6) is 0 Å². The highest BCUT2D eigenvalue weighted by Crippen LogP contribution is 2.19. The molecule has 0 saturated carbocycles. The van der Waals surface area contributed by atoms with Crippen LogP contribution in [0.1, 0.15) is 25.3 Å². The predicted octanol–water partition coefficient (Wildman–Crippen LogP) is 2.33. The van der Waals surface area contributed by atoms with Crippen molar-refractivity contribution in [2.45, 2.75) is 32.4 Å². The maximum atomic E-state index is 4.83. The lowest BCUT2D eigenvalue weighted by Gasteiger charge is -2.34. The number of guanidine groups is 1. The minimum Gasteiger partial charge on any atom is -0.367 e. The molecule has 0 spiro atoms. The largest absolute Gasteiger partial charge is 0.367 e. The summed E-state index contributed by atoms with van der Waals surface area (Å²) in [6, 6.07) is 10.6. The number of benzene rings is 1. The van der Waals surface area contributed by atoms with Gasteiger partial charge in [0.2, 0.25) is 0 Å². The number of rotatable bonds is 6. The summed E-state index contributed by atoms with van der Waals surface area (Å²) in [7, 11) is 1.96. The Balaban J connectivity index is 1.41. The molecular formula is C22H30N8. The number of piperidine rings is 1. The van der Waals surface area contributed by atoms with Crippen molar-refractivity contribution >= 4 is 11.6 Å². The third-order valence-corrected chi connectivity index (χ3v) is 5.26. The number of aromatic nitrogens is 4. The highest BCUT2D eigenvalue weighted by atomic mass is 15.3. The molecule has 8 heteroatoms. The highest BCUT2D eigenvalue weighted by molar-refractivity contribution is 5.80. The average molecular weight is 407 g/mol. The summed E-state index contributed by atoms with van der Waals surface area (Å²) in [5.41, 5.74) is 3.38. The van der Waals surface area contributed by atoms with Crippen LogP contribution in [0.15, 0.2) is 60.1 Å². The molecule has 1 saturated heterocycles. The van der Waals surface area contributed by atoms with Crippen molar-refractivity contribution in [1.82, 2.24) is 30.2 Å². The minimum atomic E-state index is 0.354. The Bertz CT molecular complexity index is 959. The molecule has 0 bridgehead atoms. The first-order valence-electron chi connectivity index (χ1n) is 10.6. The molecule has 2 aromatic heterocycles. The second-order valence-corrected chi connectivity index (χ2v) is 7.62. The van der Waals surface area contributed by atoms with Crippen molar-refractivity contribution in [3.05, 3.63) is 60.7 Å². The highest BCUT2D eigenvalue weighted by Gasteiger charge is 2.21. The number of aryl methyl sites for hydroxylation is 1. The zero-order valence-electron chi connectivity index (χ0n) is 17.7. The second-order valence-electron chi connectivity index (χ2n) is 7.62. The number of aliphatic imine (C=N–C) groups is 1. The summed E-state index contributed by atoms with van der Waals surface area (Å²) >= 11 is 0. The smallest absolute Gasteiger partial charge is 0.191 e. The Morgan fingerprint density at radius 3 is 2.93 bits per heavy atom. The number of hydrogen-bond donors (Lipinski definition) is 2. The minimum absolute atomic E-state index is 0.354. The summed E-state index contributed by atoms with van der Waals surface area (Å²) in [6.45, 7) is 5.56. The van der Waals surface area contributed by atoms with Gasteiger partial charge in [-0.25, -0.2) is 9.67 Å². The molecule has 1 aliphatic rings. The van der Waals surface area contributed by atoms with Gasteiger partial charge in [0.15, 0.2) is 5.96 Å². The first-order chi connectivity index (χ1) is 14.7.